The van der Waals surface area contributed by atoms with Crippen LogP contribution in [0.25, 0.3) is 5.52 Å². The normalized spacial score (nSPS) is 21.3. The van der Waals surface area contributed by atoms with Crippen molar-refractivity contribution < 1.29 is 19.4 Å². The van der Waals surface area contributed by atoms with Gasteiger partial charge in [-0.15, -0.1) is 0 Å². The largest absolute Gasteiger partial charge is 0.481 e. The molecule has 3 rings (SSSR count). The number of carbonyl (C=O) groups excluding carboxylic acids is 1. The fourth-order valence-corrected chi connectivity index (χ4v) is 3.16. The minimum atomic E-state index is -0.887. The number of amides is 1. The van der Waals surface area contributed by atoms with Crippen LogP contribution in [-0.4, -0.2) is 45.9 Å². The van der Waals surface area contributed by atoms with E-state index in [0.717, 1.165) is 9.99 Å². The van der Waals surface area contributed by atoms with Crippen LogP contribution in [0.4, 0.5) is 0 Å². The smallest absolute Gasteiger partial charge is 0.303 e. The van der Waals surface area contributed by atoms with E-state index in [1.165, 1.54) is 0 Å². The number of hydrogen-bond donors (Lipinski definition) is 2. The SMILES string of the molecule is O=C(O)CC1COCCC1NC(=O)c1ccc2c(Br)cnn2c1. The number of aliphatic carboxylic acids is 1. The van der Waals surface area contributed by atoms with Crippen LogP contribution < -0.4 is 5.32 Å². The predicted molar refractivity (Wildman–Crippen MR) is 85.3 cm³/mol. The van der Waals surface area contributed by atoms with E-state index in [2.05, 4.69) is 26.3 Å². The summed E-state index contributed by atoms with van der Waals surface area (Å²) in [5.74, 6) is -1.34. The zero-order chi connectivity index (χ0) is 16.4. The molecule has 2 N–H and O–H groups in total. The molecule has 2 unspecified atom stereocenters. The molecule has 8 heteroatoms. The van der Waals surface area contributed by atoms with Gasteiger partial charge in [0, 0.05) is 24.8 Å². The number of aromatic nitrogens is 2. The molecule has 1 aliphatic heterocycles. The lowest BCUT2D eigenvalue weighted by Crippen LogP contribution is -2.46. The van der Waals surface area contributed by atoms with E-state index < -0.39 is 5.97 Å². The monoisotopic (exact) mass is 381 g/mol. The average molecular weight is 382 g/mol. The van der Waals surface area contributed by atoms with Gasteiger partial charge in [-0.3, -0.25) is 9.59 Å². The standard InChI is InChI=1S/C15H16BrN3O4/c16-11-6-17-19-7-9(1-2-13(11)19)15(22)18-12-3-4-23-8-10(12)5-14(20)21/h1-2,6-7,10,12H,3-5,8H2,(H,18,22)(H,20,21). The fraction of sp³-hybridized carbons (Fsp3) is 0.400. The van der Waals surface area contributed by atoms with Gasteiger partial charge in [-0.2, -0.15) is 5.10 Å². The summed E-state index contributed by atoms with van der Waals surface area (Å²) in [7, 11) is 0. The van der Waals surface area contributed by atoms with Gasteiger partial charge in [-0.1, -0.05) is 0 Å². The maximum absolute atomic E-state index is 12.4. The second kappa shape index (κ2) is 6.67. The van der Waals surface area contributed by atoms with E-state index in [4.69, 9.17) is 9.84 Å². The summed E-state index contributed by atoms with van der Waals surface area (Å²) in [6, 6.07) is 3.33. The van der Waals surface area contributed by atoms with Gasteiger partial charge in [-0.05, 0) is 34.5 Å². The zero-order valence-corrected chi connectivity index (χ0v) is 13.8. The van der Waals surface area contributed by atoms with Crippen molar-refractivity contribution in [3.63, 3.8) is 0 Å². The molecule has 0 aliphatic carbocycles. The summed E-state index contributed by atoms with van der Waals surface area (Å²) in [5.41, 5.74) is 1.35. The zero-order valence-electron chi connectivity index (χ0n) is 12.2. The molecule has 0 radical (unpaired) electrons. The quantitative estimate of drug-likeness (QED) is 0.840. The highest BCUT2D eigenvalue weighted by Crippen LogP contribution is 2.20. The Kier molecular flexibility index (Phi) is 4.63. The Morgan fingerprint density at radius 1 is 1.48 bits per heavy atom. The van der Waals surface area contributed by atoms with E-state index in [1.807, 2.05) is 6.07 Å². The molecule has 122 valence electrons. The van der Waals surface area contributed by atoms with Crippen molar-refractivity contribution in [1.29, 1.82) is 0 Å². The number of halogens is 1. The molecule has 0 aromatic carbocycles. The van der Waals surface area contributed by atoms with Gasteiger partial charge in [0.25, 0.3) is 5.91 Å². The van der Waals surface area contributed by atoms with Crippen molar-refractivity contribution in [3.8, 4) is 0 Å². The Labute approximate surface area is 140 Å². The first-order valence-corrected chi connectivity index (χ1v) is 8.07. The first-order valence-electron chi connectivity index (χ1n) is 7.28. The number of nitrogens with zero attached hydrogens (tertiary/aromatic N) is 2. The molecule has 23 heavy (non-hydrogen) atoms. The van der Waals surface area contributed by atoms with Gasteiger partial charge in [0.05, 0.1) is 34.8 Å². The Bertz CT molecular complexity index is 745. The van der Waals surface area contributed by atoms with Crippen LogP contribution >= 0.6 is 15.9 Å². The van der Waals surface area contributed by atoms with E-state index in [0.29, 0.717) is 25.2 Å². The second-order valence-electron chi connectivity index (χ2n) is 5.54. The van der Waals surface area contributed by atoms with Crippen molar-refractivity contribution in [2.24, 2.45) is 5.92 Å². The Morgan fingerprint density at radius 2 is 2.30 bits per heavy atom. The predicted octanol–water partition coefficient (Wildman–Crippen LogP) is 1.71. The van der Waals surface area contributed by atoms with Gasteiger partial charge in [-0.25, -0.2) is 4.52 Å². The van der Waals surface area contributed by atoms with E-state index in [1.54, 1.807) is 23.0 Å². The molecule has 1 amide bonds. The van der Waals surface area contributed by atoms with Gasteiger partial charge >= 0.3 is 5.97 Å². The summed E-state index contributed by atoms with van der Waals surface area (Å²) >= 11 is 3.39. The minimum Gasteiger partial charge on any atom is -0.481 e. The highest BCUT2D eigenvalue weighted by molar-refractivity contribution is 9.10. The number of carboxylic acid groups (broad SMARTS) is 1. The molecule has 2 aromatic heterocycles. The molecular formula is C15H16BrN3O4. The maximum atomic E-state index is 12.4. The molecule has 3 heterocycles. The fourth-order valence-electron chi connectivity index (χ4n) is 2.75. The van der Waals surface area contributed by atoms with Gasteiger partial charge in [0.15, 0.2) is 0 Å². The molecular weight excluding hydrogens is 366 g/mol. The van der Waals surface area contributed by atoms with Crippen LogP contribution in [0.1, 0.15) is 23.2 Å². The van der Waals surface area contributed by atoms with Gasteiger partial charge in [0.2, 0.25) is 0 Å². The summed E-state index contributed by atoms with van der Waals surface area (Å²) in [6.07, 6.45) is 3.91. The molecule has 7 nitrogen and oxygen atoms in total. The van der Waals surface area contributed by atoms with Crippen LogP contribution in [-0.2, 0) is 9.53 Å². The lowest BCUT2D eigenvalue weighted by atomic mass is 9.92. The highest BCUT2D eigenvalue weighted by atomic mass is 79.9. The number of fused-ring (bicyclic) bond motifs is 1. The third kappa shape index (κ3) is 3.53. The molecule has 0 bridgehead atoms. The summed E-state index contributed by atoms with van der Waals surface area (Å²) in [5, 5.41) is 16.1. The third-order valence-corrected chi connectivity index (χ3v) is 4.57. The van der Waals surface area contributed by atoms with Crippen molar-refractivity contribution >= 4 is 33.3 Å². The summed E-state index contributed by atoms with van der Waals surface area (Å²) in [6.45, 7) is 0.870. The Hall–Kier alpha value is -1.93. The van der Waals surface area contributed by atoms with E-state index in [9.17, 15) is 9.59 Å². The molecule has 1 aliphatic rings. The maximum Gasteiger partial charge on any atom is 0.303 e. The number of hydrogen-bond acceptors (Lipinski definition) is 4. The summed E-state index contributed by atoms with van der Waals surface area (Å²) in [4.78, 5) is 23.4. The number of pyridine rings is 1. The third-order valence-electron chi connectivity index (χ3n) is 3.96. The first kappa shape index (κ1) is 15.9. The average Bonchev–Trinajstić information content (AvgIpc) is 2.89. The van der Waals surface area contributed by atoms with E-state index >= 15 is 0 Å². The van der Waals surface area contributed by atoms with Crippen molar-refractivity contribution in [1.82, 2.24) is 14.9 Å². The molecule has 1 fully saturated rings. The number of carboxylic acids is 1. The molecule has 1 saturated heterocycles. The second-order valence-corrected chi connectivity index (χ2v) is 6.40. The molecule has 2 aromatic rings. The highest BCUT2D eigenvalue weighted by Gasteiger charge is 2.29. The molecule has 2 atom stereocenters. The van der Waals surface area contributed by atoms with Crippen LogP contribution in [0, 0.1) is 5.92 Å². The Balaban J connectivity index is 1.74. The van der Waals surface area contributed by atoms with Crippen molar-refractivity contribution in [2.75, 3.05) is 13.2 Å². The van der Waals surface area contributed by atoms with Crippen molar-refractivity contribution in [2.45, 2.75) is 18.9 Å². The topological polar surface area (TPSA) is 92.9 Å². The number of rotatable bonds is 4. The Morgan fingerprint density at radius 3 is 3.09 bits per heavy atom. The van der Waals surface area contributed by atoms with Crippen LogP contribution in [0.2, 0.25) is 0 Å². The first-order chi connectivity index (χ1) is 11.0. The number of ether oxygens (including phenoxy) is 1. The van der Waals surface area contributed by atoms with Crippen LogP contribution in [0.5, 0.6) is 0 Å². The van der Waals surface area contributed by atoms with E-state index in [-0.39, 0.29) is 24.3 Å². The number of carbonyl (C=O) groups is 2. The minimum absolute atomic E-state index is 0.0178. The lowest BCUT2D eigenvalue weighted by molar-refractivity contribution is -0.139. The van der Waals surface area contributed by atoms with Gasteiger partial charge < -0.3 is 15.2 Å². The number of nitrogens with one attached hydrogen (secondary N) is 1. The van der Waals surface area contributed by atoms with Crippen LogP contribution in [0.15, 0.2) is 29.0 Å². The lowest BCUT2D eigenvalue weighted by Gasteiger charge is -2.31. The van der Waals surface area contributed by atoms with Crippen LogP contribution in [0.3, 0.4) is 0 Å². The van der Waals surface area contributed by atoms with Crippen molar-refractivity contribution in [3.05, 3.63) is 34.6 Å². The molecule has 0 spiro atoms. The summed E-state index contributed by atoms with van der Waals surface area (Å²) < 4.78 is 7.81. The molecule has 0 saturated carbocycles. The van der Waals surface area contributed by atoms with Gasteiger partial charge in [0.1, 0.15) is 0 Å².